The maximum Gasteiger partial charge on any atom is 0.222 e. The van der Waals surface area contributed by atoms with Gasteiger partial charge in [-0.3, -0.25) is 4.79 Å². The molecule has 1 rings (SSSR count). The van der Waals surface area contributed by atoms with Crippen LogP contribution in [0.25, 0.3) is 0 Å². The predicted octanol–water partition coefficient (Wildman–Crippen LogP) is 0.204. The van der Waals surface area contributed by atoms with E-state index in [9.17, 15) is 9.90 Å². The van der Waals surface area contributed by atoms with Crippen molar-refractivity contribution in [2.45, 2.75) is 38.3 Å². The Balaban J connectivity index is 2.31. The number of hydrogen-bond donors (Lipinski definition) is 1. The molecule has 0 aliphatic carbocycles. The quantitative estimate of drug-likeness (QED) is 0.719. The van der Waals surface area contributed by atoms with Crippen LogP contribution in [-0.2, 0) is 4.79 Å². The summed E-state index contributed by atoms with van der Waals surface area (Å²) in [6.45, 7) is 3.61. The average molecular weight is 239 g/mol. The largest absolute Gasteiger partial charge is 0.390 e. The highest BCUT2D eigenvalue weighted by Crippen LogP contribution is 2.10. The number of amides is 1. The van der Waals surface area contributed by atoms with Crippen LogP contribution in [0.1, 0.15) is 26.2 Å². The van der Waals surface area contributed by atoms with Gasteiger partial charge in [-0.05, 0) is 20.4 Å². The molecule has 2 unspecified atom stereocenters. The average Bonchev–Trinajstić information content (AvgIpc) is 2.64. The molecule has 1 saturated heterocycles. The van der Waals surface area contributed by atoms with Crippen molar-refractivity contribution < 1.29 is 9.90 Å². The lowest BCUT2D eigenvalue weighted by molar-refractivity contribution is -0.129. The standard InChI is InChI=1S/C12H21N3O2/c1-10(5-6-13)14(2)8-11(16)9-15-7-3-4-12(15)17/h10-11,16H,3-5,7-9H2,1-2H3. The first-order valence-corrected chi connectivity index (χ1v) is 6.07. The first kappa shape index (κ1) is 13.9. The van der Waals surface area contributed by atoms with E-state index >= 15 is 0 Å². The number of aliphatic hydroxyl groups is 1. The summed E-state index contributed by atoms with van der Waals surface area (Å²) in [6.07, 6.45) is 1.41. The summed E-state index contributed by atoms with van der Waals surface area (Å²) in [5.41, 5.74) is 0. The van der Waals surface area contributed by atoms with E-state index < -0.39 is 6.10 Å². The van der Waals surface area contributed by atoms with E-state index in [1.807, 2.05) is 18.9 Å². The molecule has 5 heteroatoms. The Kier molecular flexibility index (Phi) is 5.39. The van der Waals surface area contributed by atoms with Gasteiger partial charge in [0.25, 0.3) is 0 Å². The van der Waals surface area contributed by atoms with Crippen LogP contribution in [0.2, 0.25) is 0 Å². The van der Waals surface area contributed by atoms with Gasteiger partial charge >= 0.3 is 0 Å². The fourth-order valence-electron chi connectivity index (χ4n) is 2.01. The molecule has 1 heterocycles. The van der Waals surface area contributed by atoms with Gasteiger partial charge in [-0.1, -0.05) is 0 Å². The van der Waals surface area contributed by atoms with Gasteiger partial charge in [0.05, 0.1) is 18.6 Å². The van der Waals surface area contributed by atoms with Crippen molar-refractivity contribution in [3.63, 3.8) is 0 Å². The Bertz CT molecular complexity index is 301. The van der Waals surface area contributed by atoms with Crippen LogP contribution >= 0.6 is 0 Å². The number of carbonyl (C=O) groups is 1. The number of rotatable bonds is 6. The first-order chi connectivity index (χ1) is 8.04. The first-order valence-electron chi connectivity index (χ1n) is 6.07. The van der Waals surface area contributed by atoms with E-state index in [2.05, 4.69) is 6.07 Å². The van der Waals surface area contributed by atoms with Gasteiger partial charge < -0.3 is 14.9 Å². The molecule has 17 heavy (non-hydrogen) atoms. The van der Waals surface area contributed by atoms with Gasteiger partial charge in [0.1, 0.15) is 0 Å². The van der Waals surface area contributed by atoms with Crippen LogP contribution in [0.5, 0.6) is 0 Å². The SMILES string of the molecule is CC(CC#N)N(C)CC(O)CN1CCCC1=O. The van der Waals surface area contributed by atoms with E-state index in [0.29, 0.717) is 25.9 Å². The highest BCUT2D eigenvalue weighted by Gasteiger charge is 2.23. The van der Waals surface area contributed by atoms with Gasteiger partial charge in [0.2, 0.25) is 5.91 Å². The maximum absolute atomic E-state index is 11.4. The van der Waals surface area contributed by atoms with E-state index in [1.54, 1.807) is 4.90 Å². The minimum atomic E-state index is -0.539. The summed E-state index contributed by atoms with van der Waals surface area (Å²) in [7, 11) is 1.89. The van der Waals surface area contributed by atoms with Gasteiger partial charge in [-0.2, -0.15) is 5.26 Å². The summed E-state index contributed by atoms with van der Waals surface area (Å²) in [6, 6.07) is 2.24. The van der Waals surface area contributed by atoms with Crippen molar-refractivity contribution in [1.82, 2.24) is 9.80 Å². The zero-order valence-corrected chi connectivity index (χ0v) is 10.6. The van der Waals surface area contributed by atoms with Gasteiger partial charge in [0.15, 0.2) is 0 Å². The number of likely N-dealkylation sites (N-methyl/N-ethyl adjacent to an activating group) is 1. The van der Waals surface area contributed by atoms with Crippen molar-refractivity contribution in [3.8, 4) is 6.07 Å². The van der Waals surface area contributed by atoms with Crippen LogP contribution in [0.15, 0.2) is 0 Å². The molecule has 0 aromatic carbocycles. The number of nitriles is 1. The molecule has 96 valence electrons. The molecule has 1 fully saturated rings. The summed E-state index contributed by atoms with van der Waals surface area (Å²) in [5, 5.41) is 18.5. The molecule has 0 aromatic heterocycles. The minimum Gasteiger partial charge on any atom is -0.390 e. The Labute approximate surface area is 103 Å². The topological polar surface area (TPSA) is 67.6 Å². The molecule has 1 amide bonds. The Morgan fingerprint density at radius 1 is 1.65 bits per heavy atom. The molecule has 0 aromatic rings. The Morgan fingerprint density at radius 3 is 2.88 bits per heavy atom. The third-order valence-electron chi connectivity index (χ3n) is 3.24. The lowest BCUT2D eigenvalue weighted by atomic mass is 10.2. The fourth-order valence-corrected chi connectivity index (χ4v) is 2.01. The molecule has 0 radical (unpaired) electrons. The van der Waals surface area contributed by atoms with Crippen LogP contribution in [-0.4, -0.2) is 59.6 Å². The minimum absolute atomic E-state index is 0.129. The number of nitrogens with zero attached hydrogens (tertiary/aromatic N) is 3. The van der Waals surface area contributed by atoms with E-state index in [-0.39, 0.29) is 11.9 Å². The normalized spacial score (nSPS) is 19.5. The zero-order chi connectivity index (χ0) is 12.8. The van der Waals surface area contributed by atoms with Crippen LogP contribution in [0.3, 0.4) is 0 Å². The third kappa shape index (κ3) is 4.33. The number of β-amino-alcohol motifs (C(OH)–C–C–N with tert-alkyl or cyclic N) is 1. The summed E-state index contributed by atoms with van der Waals surface area (Å²) >= 11 is 0. The van der Waals surface area contributed by atoms with E-state index in [0.717, 1.165) is 13.0 Å². The Morgan fingerprint density at radius 2 is 2.35 bits per heavy atom. The van der Waals surface area contributed by atoms with Crippen molar-refractivity contribution >= 4 is 5.91 Å². The molecule has 2 atom stereocenters. The highest BCUT2D eigenvalue weighted by molar-refractivity contribution is 5.78. The molecule has 0 saturated carbocycles. The van der Waals surface area contributed by atoms with Crippen LogP contribution in [0, 0.1) is 11.3 Å². The van der Waals surface area contributed by atoms with Crippen molar-refractivity contribution in [1.29, 1.82) is 5.26 Å². The molecular formula is C12H21N3O2. The zero-order valence-electron chi connectivity index (χ0n) is 10.6. The van der Waals surface area contributed by atoms with Crippen molar-refractivity contribution in [2.75, 3.05) is 26.7 Å². The van der Waals surface area contributed by atoms with Gasteiger partial charge in [-0.15, -0.1) is 0 Å². The Hall–Kier alpha value is -1.12. The molecule has 0 bridgehead atoms. The van der Waals surface area contributed by atoms with Crippen LogP contribution < -0.4 is 0 Å². The predicted molar refractivity (Wildman–Crippen MR) is 64.1 cm³/mol. The van der Waals surface area contributed by atoms with Crippen molar-refractivity contribution in [3.05, 3.63) is 0 Å². The van der Waals surface area contributed by atoms with Gasteiger partial charge in [-0.25, -0.2) is 0 Å². The number of likely N-dealkylation sites (tertiary alicyclic amines) is 1. The maximum atomic E-state index is 11.4. The van der Waals surface area contributed by atoms with E-state index in [4.69, 9.17) is 5.26 Å². The number of carbonyl (C=O) groups excluding carboxylic acids is 1. The fraction of sp³-hybridized carbons (Fsp3) is 0.833. The lowest BCUT2D eigenvalue weighted by Gasteiger charge is -2.27. The van der Waals surface area contributed by atoms with Crippen LogP contribution in [0.4, 0.5) is 0 Å². The van der Waals surface area contributed by atoms with Gasteiger partial charge in [0, 0.05) is 32.1 Å². The number of aliphatic hydroxyl groups excluding tert-OH is 1. The summed E-state index contributed by atoms with van der Waals surface area (Å²) in [4.78, 5) is 15.1. The molecular weight excluding hydrogens is 218 g/mol. The molecule has 0 spiro atoms. The monoisotopic (exact) mass is 239 g/mol. The second kappa shape index (κ2) is 6.58. The molecule has 5 nitrogen and oxygen atoms in total. The smallest absolute Gasteiger partial charge is 0.222 e. The third-order valence-corrected chi connectivity index (χ3v) is 3.24. The van der Waals surface area contributed by atoms with E-state index in [1.165, 1.54) is 0 Å². The second-order valence-corrected chi connectivity index (χ2v) is 4.75. The molecule has 1 aliphatic rings. The number of hydrogen-bond acceptors (Lipinski definition) is 4. The second-order valence-electron chi connectivity index (χ2n) is 4.75. The highest BCUT2D eigenvalue weighted by atomic mass is 16.3. The summed E-state index contributed by atoms with van der Waals surface area (Å²) in [5.74, 6) is 0.136. The molecule has 1 N–H and O–H groups in total. The molecule has 1 aliphatic heterocycles. The van der Waals surface area contributed by atoms with Crippen molar-refractivity contribution in [2.24, 2.45) is 0 Å². The lowest BCUT2D eigenvalue weighted by Crippen LogP contribution is -2.42. The summed E-state index contributed by atoms with van der Waals surface area (Å²) < 4.78 is 0.